The number of pyridine rings is 1. The average Bonchev–Trinajstić information content (AvgIpc) is 2.91. The van der Waals surface area contributed by atoms with Crippen LogP contribution < -0.4 is 16.0 Å². The number of anilines is 1. The van der Waals surface area contributed by atoms with E-state index in [1.807, 2.05) is 0 Å². The molecule has 0 aliphatic heterocycles. The van der Waals surface area contributed by atoms with Crippen LogP contribution in [0.4, 0.5) is 5.82 Å². The Hall–Kier alpha value is -1.68. The molecule has 0 aromatic carbocycles. The lowest BCUT2D eigenvalue weighted by Gasteiger charge is -2.08. The van der Waals surface area contributed by atoms with Gasteiger partial charge in [-0.2, -0.15) is 0 Å². The van der Waals surface area contributed by atoms with Crippen LogP contribution in [0.25, 0.3) is 0 Å². The first-order valence-corrected chi connectivity index (χ1v) is 7.46. The van der Waals surface area contributed by atoms with Crippen molar-refractivity contribution in [2.24, 2.45) is 5.84 Å². The Kier molecular flexibility index (Phi) is 4.55. The third-order valence-corrected chi connectivity index (χ3v) is 4.20. The van der Waals surface area contributed by atoms with Crippen molar-refractivity contribution in [1.82, 2.24) is 19.3 Å². The minimum Gasteiger partial charge on any atom is -0.336 e. The molecule has 0 unspecified atom stereocenters. The second-order valence-corrected chi connectivity index (χ2v) is 6.02. The van der Waals surface area contributed by atoms with E-state index in [9.17, 15) is 8.42 Å². The number of hydrogen-bond donors (Lipinski definition) is 3. The molecular weight excluding hydrogens is 304 g/mol. The summed E-state index contributed by atoms with van der Waals surface area (Å²) in [5, 5.41) is 0.130. The predicted molar refractivity (Wildman–Crippen MR) is 74.5 cm³/mol. The summed E-state index contributed by atoms with van der Waals surface area (Å²) in [6, 6.07) is 1.28. The normalized spacial score (nSPS) is 11.5. The Morgan fingerprint density at radius 1 is 1.45 bits per heavy atom. The fourth-order valence-electron chi connectivity index (χ4n) is 1.48. The van der Waals surface area contributed by atoms with Gasteiger partial charge >= 0.3 is 0 Å². The lowest BCUT2D eigenvalue weighted by molar-refractivity contribution is 0.572. The quantitative estimate of drug-likeness (QED) is 0.518. The van der Waals surface area contributed by atoms with Crippen molar-refractivity contribution in [2.75, 3.05) is 12.0 Å². The number of sulfonamides is 1. The molecule has 0 saturated heterocycles. The molecule has 0 bridgehead atoms. The van der Waals surface area contributed by atoms with E-state index in [1.54, 1.807) is 23.3 Å². The average molecular weight is 317 g/mol. The van der Waals surface area contributed by atoms with Gasteiger partial charge in [0.25, 0.3) is 0 Å². The molecule has 10 heteroatoms. The molecule has 2 aromatic rings. The molecule has 4 N–H and O–H groups in total. The maximum atomic E-state index is 12.0. The van der Waals surface area contributed by atoms with Crippen LogP contribution in [0.3, 0.4) is 0 Å². The molecule has 0 atom stereocenters. The number of halogens is 1. The zero-order valence-corrected chi connectivity index (χ0v) is 11.9. The molecule has 108 valence electrons. The van der Waals surface area contributed by atoms with Crippen molar-refractivity contribution in [2.45, 2.75) is 11.4 Å². The highest BCUT2D eigenvalue weighted by Gasteiger charge is 2.15. The summed E-state index contributed by atoms with van der Waals surface area (Å²) in [6.45, 7) is 0.704. The van der Waals surface area contributed by atoms with Gasteiger partial charge in [-0.1, -0.05) is 11.6 Å². The van der Waals surface area contributed by atoms with Gasteiger partial charge in [0.2, 0.25) is 10.0 Å². The SMILES string of the molecule is NNc1ncc(S(=O)(=O)NCCn2ccnc2)cc1Cl. The molecular formula is C10H13ClN6O2S. The van der Waals surface area contributed by atoms with Crippen molar-refractivity contribution in [1.29, 1.82) is 0 Å². The zero-order valence-electron chi connectivity index (χ0n) is 10.3. The number of hydrazine groups is 1. The number of nitrogens with one attached hydrogen (secondary N) is 2. The minimum absolute atomic E-state index is 0.0212. The van der Waals surface area contributed by atoms with E-state index in [-0.39, 0.29) is 22.3 Å². The monoisotopic (exact) mass is 316 g/mol. The lowest BCUT2D eigenvalue weighted by atomic mass is 10.5. The Balaban J connectivity index is 2.04. The standard InChI is InChI=1S/C10H13ClN6O2S/c11-9-5-8(6-14-10(9)16-12)20(18,19)15-2-4-17-3-1-13-7-17/h1,3,5-7,15H,2,4,12H2,(H,14,16). The third-order valence-electron chi connectivity index (χ3n) is 2.48. The summed E-state index contributed by atoms with van der Waals surface area (Å²) in [5.41, 5.74) is 2.27. The second-order valence-electron chi connectivity index (χ2n) is 3.84. The molecule has 8 nitrogen and oxygen atoms in total. The first-order chi connectivity index (χ1) is 9.53. The van der Waals surface area contributed by atoms with E-state index < -0.39 is 10.0 Å². The Bertz CT molecular complexity index is 673. The zero-order chi connectivity index (χ0) is 14.6. The number of rotatable bonds is 6. The van der Waals surface area contributed by atoms with Crippen molar-refractivity contribution >= 4 is 27.4 Å². The topological polar surface area (TPSA) is 115 Å². The highest BCUT2D eigenvalue weighted by atomic mass is 35.5. The van der Waals surface area contributed by atoms with Gasteiger partial charge in [0.15, 0.2) is 5.82 Å². The third kappa shape index (κ3) is 3.45. The Morgan fingerprint density at radius 3 is 2.85 bits per heavy atom. The number of aromatic nitrogens is 3. The lowest BCUT2D eigenvalue weighted by Crippen LogP contribution is -2.27. The van der Waals surface area contributed by atoms with Gasteiger partial charge in [-0.05, 0) is 6.07 Å². The number of nitrogen functional groups attached to an aromatic ring is 1. The highest BCUT2D eigenvalue weighted by molar-refractivity contribution is 7.89. The smallest absolute Gasteiger partial charge is 0.242 e. The van der Waals surface area contributed by atoms with Crippen LogP contribution >= 0.6 is 11.6 Å². The number of nitrogens with zero attached hydrogens (tertiary/aromatic N) is 3. The second kappa shape index (κ2) is 6.18. The first kappa shape index (κ1) is 14.7. The summed E-state index contributed by atoms with van der Waals surface area (Å²) in [6.07, 6.45) is 6.15. The van der Waals surface area contributed by atoms with Crippen LogP contribution in [0.1, 0.15) is 0 Å². The van der Waals surface area contributed by atoms with E-state index in [0.29, 0.717) is 6.54 Å². The number of imidazole rings is 1. The van der Waals surface area contributed by atoms with E-state index >= 15 is 0 Å². The number of hydrogen-bond acceptors (Lipinski definition) is 6. The van der Waals surface area contributed by atoms with Gasteiger partial charge in [-0.3, -0.25) is 0 Å². The maximum Gasteiger partial charge on any atom is 0.242 e. The molecule has 2 heterocycles. The van der Waals surface area contributed by atoms with Crippen molar-refractivity contribution in [3.05, 3.63) is 36.0 Å². The summed E-state index contributed by atoms with van der Waals surface area (Å²) < 4.78 is 28.3. The predicted octanol–water partition coefficient (Wildman–Crippen LogP) is 0.196. The van der Waals surface area contributed by atoms with Gasteiger partial charge in [0, 0.05) is 31.7 Å². The van der Waals surface area contributed by atoms with Crippen LogP contribution in [-0.4, -0.2) is 29.5 Å². The first-order valence-electron chi connectivity index (χ1n) is 5.60. The molecule has 0 radical (unpaired) electrons. The van der Waals surface area contributed by atoms with Crippen LogP contribution in [0, 0.1) is 0 Å². The molecule has 0 aliphatic rings. The van der Waals surface area contributed by atoms with Gasteiger partial charge in [0.1, 0.15) is 4.90 Å². The maximum absolute atomic E-state index is 12.0. The summed E-state index contributed by atoms with van der Waals surface area (Å²) in [4.78, 5) is 7.66. The summed E-state index contributed by atoms with van der Waals surface area (Å²) in [7, 11) is -3.66. The number of nitrogens with two attached hydrogens (primary N) is 1. The summed E-state index contributed by atoms with van der Waals surface area (Å²) in [5.74, 6) is 5.39. The molecule has 0 fully saturated rings. The fourth-order valence-corrected chi connectivity index (χ4v) is 2.76. The molecule has 20 heavy (non-hydrogen) atoms. The highest BCUT2D eigenvalue weighted by Crippen LogP contribution is 2.21. The molecule has 2 aromatic heterocycles. The van der Waals surface area contributed by atoms with Crippen molar-refractivity contribution < 1.29 is 8.42 Å². The van der Waals surface area contributed by atoms with Crippen LogP contribution in [-0.2, 0) is 16.6 Å². The molecule has 2 rings (SSSR count). The molecule has 0 aliphatic carbocycles. The van der Waals surface area contributed by atoms with E-state index in [4.69, 9.17) is 17.4 Å². The van der Waals surface area contributed by atoms with E-state index in [2.05, 4.69) is 20.1 Å². The molecule has 0 saturated carbocycles. The van der Waals surface area contributed by atoms with Crippen molar-refractivity contribution in [3.8, 4) is 0 Å². The van der Waals surface area contributed by atoms with Crippen LogP contribution in [0.5, 0.6) is 0 Å². The minimum atomic E-state index is -3.66. The van der Waals surface area contributed by atoms with E-state index in [0.717, 1.165) is 0 Å². The largest absolute Gasteiger partial charge is 0.336 e. The van der Waals surface area contributed by atoms with Crippen LogP contribution in [0.15, 0.2) is 35.9 Å². The fraction of sp³-hybridized carbons (Fsp3) is 0.200. The van der Waals surface area contributed by atoms with E-state index in [1.165, 1.54) is 12.3 Å². The Morgan fingerprint density at radius 2 is 2.25 bits per heavy atom. The summed E-state index contributed by atoms with van der Waals surface area (Å²) >= 11 is 5.84. The van der Waals surface area contributed by atoms with Gasteiger partial charge in [-0.25, -0.2) is 29.0 Å². The van der Waals surface area contributed by atoms with Gasteiger partial charge in [-0.15, -0.1) is 0 Å². The molecule has 0 amide bonds. The van der Waals surface area contributed by atoms with Crippen LogP contribution in [0.2, 0.25) is 5.02 Å². The van der Waals surface area contributed by atoms with Gasteiger partial charge in [0.05, 0.1) is 11.3 Å². The molecule has 0 spiro atoms. The van der Waals surface area contributed by atoms with Gasteiger partial charge < -0.3 is 9.99 Å². The van der Waals surface area contributed by atoms with Crippen molar-refractivity contribution in [3.63, 3.8) is 0 Å². The Labute approximate surface area is 121 Å².